The van der Waals surface area contributed by atoms with Crippen molar-refractivity contribution < 1.29 is 4.39 Å². The quantitative estimate of drug-likeness (QED) is 0.899. The summed E-state index contributed by atoms with van der Waals surface area (Å²) < 4.78 is 13.7. The molecule has 0 unspecified atom stereocenters. The molecule has 0 aliphatic heterocycles. The van der Waals surface area contributed by atoms with Gasteiger partial charge >= 0.3 is 0 Å². The minimum absolute atomic E-state index is 0.342. The van der Waals surface area contributed by atoms with Crippen molar-refractivity contribution in [1.29, 1.82) is 5.26 Å². The maximum Gasteiger partial charge on any atom is 0.129 e. The highest BCUT2D eigenvalue weighted by Gasteiger charge is 2.03. The van der Waals surface area contributed by atoms with Crippen LogP contribution in [0.15, 0.2) is 42.5 Å². The van der Waals surface area contributed by atoms with E-state index in [2.05, 4.69) is 24.4 Å². The average Bonchev–Trinajstić information content (AvgIpc) is 2.46. The van der Waals surface area contributed by atoms with Gasteiger partial charge in [0, 0.05) is 17.8 Å². The van der Waals surface area contributed by atoms with Crippen molar-refractivity contribution in [3.8, 4) is 6.07 Å². The van der Waals surface area contributed by atoms with E-state index in [1.54, 1.807) is 12.1 Å². The van der Waals surface area contributed by atoms with E-state index in [1.807, 2.05) is 18.2 Å². The van der Waals surface area contributed by atoms with E-state index in [0.717, 1.165) is 12.1 Å². The minimum atomic E-state index is -0.349. The maximum absolute atomic E-state index is 13.7. The number of benzene rings is 2. The van der Waals surface area contributed by atoms with Crippen molar-refractivity contribution in [1.82, 2.24) is 0 Å². The van der Waals surface area contributed by atoms with Gasteiger partial charge in [0.05, 0.1) is 11.6 Å². The molecule has 2 aromatic carbocycles. The molecule has 0 atom stereocenters. The van der Waals surface area contributed by atoms with Gasteiger partial charge < -0.3 is 5.32 Å². The molecule has 96 valence electrons. The SMILES string of the molecule is CCc1cccc(NCc2ccc(C#N)cc2F)c1. The lowest BCUT2D eigenvalue weighted by molar-refractivity contribution is 0.612. The zero-order valence-corrected chi connectivity index (χ0v) is 10.8. The summed E-state index contributed by atoms with van der Waals surface area (Å²) in [5, 5.41) is 11.9. The largest absolute Gasteiger partial charge is 0.381 e. The monoisotopic (exact) mass is 254 g/mol. The second-order valence-electron chi connectivity index (χ2n) is 4.33. The van der Waals surface area contributed by atoms with Crippen LogP contribution >= 0.6 is 0 Å². The lowest BCUT2D eigenvalue weighted by Gasteiger charge is -2.09. The third-order valence-corrected chi connectivity index (χ3v) is 3.00. The lowest BCUT2D eigenvalue weighted by Crippen LogP contribution is -2.02. The van der Waals surface area contributed by atoms with Crippen LogP contribution in [0.25, 0.3) is 0 Å². The lowest BCUT2D eigenvalue weighted by atomic mass is 10.1. The predicted octanol–water partition coefficient (Wildman–Crippen LogP) is 3.87. The van der Waals surface area contributed by atoms with Crippen molar-refractivity contribution in [2.75, 3.05) is 5.32 Å². The fraction of sp³-hybridized carbons (Fsp3) is 0.188. The van der Waals surface area contributed by atoms with E-state index in [1.165, 1.54) is 11.6 Å². The number of nitrogens with zero attached hydrogens (tertiary/aromatic N) is 1. The molecule has 0 aliphatic rings. The average molecular weight is 254 g/mol. The first-order chi connectivity index (χ1) is 9.22. The van der Waals surface area contributed by atoms with Crippen LogP contribution in [0.4, 0.5) is 10.1 Å². The normalized spacial score (nSPS) is 9.95. The number of hydrogen-bond donors (Lipinski definition) is 1. The van der Waals surface area contributed by atoms with Gasteiger partial charge in [-0.25, -0.2) is 4.39 Å². The Kier molecular flexibility index (Phi) is 4.15. The zero-order valence-electron chi connectivity index (χ0n) is 10.8. The van der Waals surface area contributed by atoms with Gasteiger partial charge in [-0.2, -0.15) is 5.26 Å². The summed E-state index contributed by atoms with van der Waals surface area (Å²) in [6.45, 7) is 2.50. The van der Waals surface area contributed by atoms with Crippen LogP contribution in [-0.2, 0) is 13.0 Å². The van der Waals surface area contributed by atoms with Gasteiger partial charge in [0.2, 0.25) is 0 Å². The van der Waals surface area contributed by atoms with Crippen molar-refractivity contribution in [3.63, 3.8) is 0 Å². The zero-order chi connectivity index (χ0) is 13.7. The van der Waals surface area contributed by atoms with E-state index < -0.39 is 0 Å². The second-order valence-corrected chi connectivity index (χ2v) is 4.33. The fourth-order valence-electron chi connectivity index (χ4n) is 1.86. The van der Waals surface area contributed by atoms with Crippen LogP contribution < -0.4 is 5.32 Å². The van der Waals surface area contributed by atoms with Gasteiger partial charge in [-0.15, -0.1) is 0 Å². The predicted molar refractivity (Wildman–Crippen MR) is 74.3 cm³/mol. The van der Waals surface area contributed by atoms with Crippen molar-refractivity contribution in [2.45, 2.75) is 19.9 Å². The van der Waals surface area contributed by atoms with E-state index in [-0.39, 0.29) is 5.82 Å². The summed E-state index contributed by atoms with van der Waals surface area (Å²) >= 11 is 0. The first-order valence-electron chi connectivity index (χ1n) is 6.24. The second kappa shape index (κ2) is 6.01. The highest BCUT2D eigenvalue weighted by Crippen LogP contribution is 2.15. The van der Waals surface area contributed by atoms with E-state index >= 15 is 0 Å². The molecular formula is C16H15FN2. The summed E-state index contributed by atoms with van der Waals surface area (Å²) in [6.07, 6.45) is 0.973. The van der Waals surface area contributed by atoms with E-state index in [9.17, 15) is 4.39 Å². The Morgan fingerprint density at radius 2 is 2.05 bits per heavy atom. The summed E-state index contributed by atoms with van der Waals surface area (Å²) in [5.74, 6) is -0.349. The van der Waals surface area contributed by atoms with Crippen LogP contribution in [0.5, 0.6) is 0 Å². The number of halogens is 1. The van der Waals surface area contributed by atoms with Gasteiger partial charge in [0.1, 0.15) is 5.82 Å². The molecule has 0 saturated carbocycles. The molecule has 0 bridgehead atoms. The number of hydrogen-bond acceptors (Lipinski definition) is 2. The highest BCUT2D eigenvalue weighted by atomic mass is 19.1. The molecule has 2 rings (SSSR count). The molecule has 0 fully saturated rings. The van der Waals surface area contributed by atoms with Crippen LogP contribution in [0.3, 0.4) is 0 Å². The number of anilines is 1. The molecule has 0 aromatic heterocycles. The first kappa shape index (κ1) is 13.1. The summed E-state index contributed by atoms with van der Waals surface area (Å²) in [4.78, 5) is 0. The first-order valence-corrected chi connectivity index (χ1v) is 6.24. The third-order valence-electron chi connectivity index (χ3n) is 3.00. The van der Waals surface area contributed by atoms with Crippen LogP contribution in [-0.4, -0.2) is 0 Å². The maximum atomic E-state index is 13.7. The molecule has 0 amide bonds. The Hall–Kier alpha value is -2.34. The van der Waals surface area contributed by atoms with Gasteiger partial charge in [-0.05, 0) is 36.2 Å². The van der Waals surface area contributed by atoms with Crippen LogP contribution in [0.1, 0.15) is 23.6 Å². The molecule has 19 heavy (non-hydrogen) atoms. The molecule has 2 nitrogen and oxygen atoms in total. The van der Waals surface area contributed by atoms with Gasteiger partial charge in [0.15, 0.2) is 0 Å². The number of aryl methyl sites for hydroxylation is 1. The fourth-order valence-corrected chi connectivity index (χ4v) is 1.86. The minimum Gasteiger partial charge on any atom is -0.381 e. The topological polar surface area (TPSA) is 35.8 Å². The molecule has 0 spiro atoms. The molecule has 1 N–H and O–H groups in total. The summed E-state index contributed by atoms with van der Waals surface area (Å²) in [6, 6.07) is 14.5. The Balaban J connectivity index is 2.08. The molecule has 3 heteroatoms. The van der Waals surface area contributed by atoms with Crippen molar-refractivity contribution in [3.05, 3.63) is 65.0 Å². The number of rotatable bonds is 4. The molecule has 0 radical (unpaired) electrons. The molecule has 0 aliphatic carbocycles. The van der Waals surface area contributed by atoms with Crippen LogP contribution in [0.2, 0.25) is 0 Å². The molecule has 0 heterocycles. The standard InChI is InChI=1S/C16H15FN2/c1-2-12-4-3-5-15(8-12)19-11-14-7-6-13(10-18)9-16(14)17/h3-9,19H,2,11H2,1H3. The molecular weight excluding hydrogens is 239 g/mol. The van der Waals surface area contributed by atoms with Crippen molar-refractivity contribution >= 4 is 5.69 Å². The summed E-state index contributed by atoms with van der Waals surface area (Å²) in [7, 11) is 0. The van der Waals surface area contributed by atoms with Crippen LogP contribution in [0, 0.1) is 17.1 Å². The third kappa shape index (κ3) is 3.32. The van der Waals surface area contributed by atoms with E-state index in [0.29, 0.717) is 17.7 Å². The summed E-state index contributed by atoms with van der Waals surface area (Å²) in [5.41, 5.74) is 3.11. The van der Waals surface area contributed by atoms with Crippen molar-refractivity contribution in [2.24, 2.45) is 0 Å². The van der Waals surface area contributed by atoms with Gasteiger partial charge in [-0.1, -0.05) is 25.1 Å². The Bertz CT molecular complexity index is 614. The Morgan fingerprint density at radius 1 is 1.21 bits per heavy atom. The number of nitriles is 1. The number of nitrogens with one attached hydrogen (secondary N) is 1. The highest BCUT2D eigenvalue weighted by molar-refractivity contribution is 5.46. The Morgan fingerprint density at radius 3 is 2.74 bits per heavy atom. The van der Waals surface area contributed by atoms with E-state index in [4.69, 9.17) is 5.26 Å². The molecule has 0 saturated heterocycles. The smallest absolute Gasteiger partial charge is 0.129 e. The van der Waals surface area contributed by atoms with Gasteiger partial charge in [0.25, 0.3) is 0 Å². The van der Waals surface area contributed by atoms with Gasteiger partial charge in [-0.3, -0.25) is 0 Å². The Labute approximate surface area is 112 Å². The molecule has 2 aromatic rings.